The summed E-state index contributed by atoms with van der Waals surface area (Å²) in [6, 6.07) is 7.66. The van der Waals surface area contributed by atoms with Crippen LogP contribution in [0.25, 0.3) is 11.0 Å². The summed E-state index contributed by atoms with van der Waals surface area (Å²) in [6.07, 6.45) is 4.39. The van der Waals surface area contributed by atoms with Gasteiger partial charge < -0.3 is 10.1 Å². The summed E-state index contributed by atoms with van der Waals surface area (Å²) in [6.45, 7) is 2.12. The maximum absolute atomic E-state index is 12.4. The predicted octanol–water partition coefficient (Wildman–Crippen LogP) is 2.97. The quantitative estimate of drug-likeness (QED) is 0.911. The molecule has 4 heteroatoms. The molecule has 1 aliphatic rings. The van der Waals surface area contributed by atoms with E-state index in [4.69, 9.17) is 0 Å². The number of hydrogen-bond donors (Lipinski definition) is 2. The third kappa shape index (κ3) is 2.86. The summed E-state index contributed by atoms with van der Waals surface area (Å²) in [5.41, 5.74) is 2.24. The molecule has 0 spiro atoms. The lowest BCUT2D eigenvalue weighted by molar-refractivity contribution is 0.100. The van der Waals surface area contributed by atoms with E-state index in [0.29, 0.717) is 11.6 Å². The molecule has 112 valence electrons. The average molecular weight is 286 g/mol. The van der Waals surface area contributed by atoms with E-state index in [2.05, 4.69) is 16.9 Å². The number of hydrogen-bond acceptors (Lipinski definition) is 3. The summed E-state index contributed by atoms with van der Waals surface area (Å²) < 4.78 is 0. The fraction of sp³-hybridized carbons (Fsp3) is 0.529. The number of benzene rings is 1. The van der Waals surface area contributed by atoms with Gasteiger partial charge in [0.25, 0.3) is 5.56 Å². The zero-order chi connectivity index (χ0) is 14.8. The highest BCUT2D eigenvalue weighted by Gasteiger charge is 2.29. The van der Waals surface area contributed by atoms with Gasteiger partial charge in [0.15, 0.2) is 0 Å². The van der Waals surface area contributed by atoms with Crippen molar-refractivity contribution in [3.8, 4) is 0 Å². The summed E-state index contributed by atoms with van der Waals surface area (Å²) >= 11 is 0. The Morgan fingerprint density at radius 1 is 1.29 bits per heavy atom. The standard InChI is InChI=1S/C17H22N2O2/c1-2-13(11-7-9-12(20)10-8-11)16-17(21)19-15-6-4-3-5-14(15)18-16/h3-6,11-13,20H,2,7-10H2,1H3,(H,19,21). The Balaban J connectivity index is 1.96. The van der Waals surface area contributed by atoms with Gasteiger partial charge in [-0.3, -0.25) is 4.79 Å². The molecule has 1 aromatic carbocycles. The second-order valence-corrected chi connectivity index (χ2v) is 6.05. The highest BCUT2D eigenvalue weighted by molar-refractivity contribution is 5.73. The first-order valence-corrected chi connectivity index (χ1v) is 7.86. The molecule has 0 radical (unpaired) electrons. The first-order chi connectivity index (χ1) is 10.2. The van der Waals surface area contributed by atoms with Crippen molar-refractivity contribution in [2.45, 2.75) is 51.0 Å². The fourth-order valence-corrected chi connectivity index (χ4v) is 3.55. The van der Waals surface area contributed by atoms with Crippen molar-refractivity contribution < 1.29 is 5.11 Å². The van der Waals surface area contributed by atoms with Gasteiger partial charge in [-0.25, -0.2) is 4.98 Å². The van der Waals surface area contributed by atoms with Gasteiger partial charge >= 0.3 is 0 Å². The number of aliphatic hydroxyl groups is 1. The first kappa shape index (κ1) is 14.3. The van der Waals surface area contributed by atoms with Crippen molar-refractivity contribution in [1.29, 1.82) is 0 Å². The summed E-state index contributed by atoms with van der Waals surface area (Å²) in [4.78, 5) is 20.0. The number of H-pyrrole nitrogens is 1. The Kier molecular flexibility index (Phi) is 4.06. The molecule has 1 saturated carbocycles. The molecule has 1 unspecified atom stereocenters. The SMILES string of the molecule is CCC(c1nc2ccccc2[nH]c1=O)C1CCC(O)CC1. The number of aromatic nitrogens is 2. The van der Waals surface area contributed by atoms with Gasteiger partial charge in [0.05, 0.1) is 17.1 Å². The van der Waals surface area contributed by atoms with Crippen LogP contribution in [0.1, 0.15) is 50.6 Å². The third-order valence-corrected chi connectivity index (χ3v) is 4.73. The fourth-order valence-electron chi connectivity index (χ4n) is 3.55. The van der Waals surface area contributed by atoms with Crippen molar-refractivity contribution in [3.63, 3.8) is 0 Å². The molecular formula is C17H22N2O2. The van der Waals surface area contributed by atoms with Gasteiger partial charge in [0.1, 0.15) is 5.69 Å². The lowest BCUT2D eigenvalue weighted by Gasteiger charge is -2.31. The van der Waals surface area contributed by atoms with Crippen LogP contribution in [0.2, 0.25) is 0 Å². The number of para-hydroxylation sites is 2. The van der Waals surface area contributed by atoms with E-state index in [9.17, 15) is 9.90 Å². The molecule has 0 bridgehead atoms. The Hall–Kier alpha value is -1.68. The number of aliphatic hydroxyl groups excluding tert-OH is 1. The Morgan fingerprint density at radius 3 is 2.71 bits per heavy atom. The number of rotatable bonds is 3. The number of fused-ring (bicyclic) bond motifs is 1. The van der Waals surface area contributed by atoms with Gasteiger partial charge in [0, 0.05) is 5.92 Å². The van der Waals surface area contributed by atoms with Crippen LogP contribution in [0.3, 0.4) is 0 Å². The van der Waals surface area contributed by atoms with E-state index in [1.165, 1.54) is 0 Å². The Bertz CT molecular complexity index is 672. The minimum absolute atomic E-state index is 0.0633. The van der Waals surface area contributed by atoms with Crippen LogP contribution >= 0.6 is 0 Å². The average Bonchev–Trinajstić information content (AvgIpc) is 2.50. The number of nitrogens with zero attached hydrogens (tertiary/aromatic N) is 1. The molecule has 1 aromatic heterocycles. The second kappa shape index (κ2) is 5.98. The molecule has 2 N–H and O–H groups in total. The highest BCUT2D eigenvalue weighted by Crippen LogP contribution is 2.36. The first-order valence-electron chi connectivity index (χ1n) is 7.86. The lowest BCUT2D eigenvalue weighted by atomic mass is 9.76. The maximum Gasteiger partial charge on any atom is 0.270 e. The predicted molar refractivity (Wildman–Crippen MR) is 83.4 cm³/mol. The van der Waals surface area contributed by atoms with Crippen LogP contribution in [0.5, 0.6) is 0 Å². The molecule has 2 aromatic rings. The van der Waals surface area contributed by atoms with Crippen molar-refractivity contribution in [2.75, 3.05) is 0 Å². The minimum atomic E-state index is -0.165. The van der Waals surface area contributed by atoms with Crippen molar-refractivity contribution >= 4 is 11.0 Å². The van der Waals surface area contributed by atoms with E-state index in [0.717, 1.165) is 43.1 Å². The van der Waals surface area contributed by atoms with E-state index in [-0.39, 0.29) is 17.6 Å². The van der Waals surface area contributed by atoms with Gasteiger partial charge in [-0.15, -0.1) is 0 Å². The van der Waals surface area contributed by atoms with E-state index in [1.54, 1.807) is 0 Å². The van der Waals surface area contributed by atoms with Gasteiger partial charge in [-0.05, 0) is 50.2 Å². The van der Waals surface area contributed by atoms with Crippen LogP contribution in [-0.4, -0.2) is 21.2 Å². The third-order valence-electron chi connectivity index (χ3n) is 4.73. The summed E-state index contributed by atoms with van der Waals surface area (Å²) in [5, 5.41) is 9.66. The smallest absolute Gasteiger partial charge is 0.270 e. The minimum Gasteiger partial charge on any atom is -0.393 e. The van der Waals surface area contributed by atoms with Gasteiger partial charge in [-0.2, -0.15) is 0 Å². The highest BCUT2D eigenvalue weighted by atomic mass is 16.3. The zero-order valence-corrected chi connectivity index (χ0v) is 12.4. The Labute approximate surface area is 124 Å². The largest absolute Gasteiger partial charge is 0.393 e. The van der Waals surface area contributed by atoms with Crippen molar-refractivity contribution in [3.05, 3.63) is 40.3 Å². The lowest BCUT2D eigenvalue weighted by Crippen LogP contribution is -2.28. The molecule has 1 aliphatic carbocycles. The van der Waals surface area contributed by atoms with Crippen LogP contribution in [0.15, 0.2) is 29.1 Å². The maximum atomic E-state index is 12.4. The van der Waals surface area contributed by atoms with Gasteiger partial charge in [-0.1, -0.05) is 19.1 Å². The molecule has 0 aliphatic heterocycles. The molecule has 4 nitrogen and oxygen atoms in total. The normalized spacial score (nSPS) is 24.1. The van der Waals surface area contributed by atoms with Crippen LogP contribution in [0.4, 0.5) is 0 Å². The molecule has 21 heavy (non-hydrogen) atoms. The van der Waals surface area contributed by atoms with Crippen molar-refractivity contribution in [1.82, 2.24) is 9.97 Å². The topological polar surface area (TPSA) is 66.0 Å². The van der Waals surface area contributed by atoms with E-state index < -0.39 is 0 Å². The van der Waals surface area contributed by atoms with Crippen LogP contribution < -0.4 is 5.56 Å². The number of nitrogens with one attached hydrogen (secondary N) is 1. The Morgan fingerprint density at radius 2 is 2.00 bits per heavy atom. The molecular weight excluding hydrogens is 264 g/mol. The molecule has 1 fully saturated rings. The molecule has 3 rings (SSSR count). The number of aromatic amines is 1. The van der Waals surface area contributed by atoms with Gasteiger partial charge in [0.2, 0.25) is 0 Å². The molecule has 0 saturated heterocycles. The molecule has 0 amide bonds. The molecule has 1 heterocycles. The van der Waals surface area contributed by atoms with Crippen LogP contribution in [0, 0.1) is 5.92 Å². The van der Waals surface area contributed by atoms with E-state index in [1.807, 2.05) is 24.3 Å². The monoisotopic (exact) mass is 286 g/mol. The second-order valence-electron chi connectivity index (χ2n) is 6.05. The van der Waals surface area contributed by atoms with E-state index >= 15 is 0 Å². The van der Waals surface area contributed by atoms with Crippen LogP contribution in [-0.2, 0) is 0 Å². The molecule has 1 atom stereocenters. The van der Waals surface area contributed by atoms with Crippen molar-refractivity contribution in [2.24, 2.45) is 5.92 Å². The zero-order valence-electron chi connectivity index (χ0n) is 12.4. The summed E-state index contributed by atoms with van der Waals surface area (Å²) in [7, 11) is 0. The summed E-state index contributed by atoms with van der Waals surface area (Å²) in [5.74, 6) is 0.638.